The molecule has 2 aromatic rings. The third-order valence-electron chi connectivity index (χ3n) is 4.15. The van der Waals surface area contributed by atoms with Crippen molar-refractivity contribution in [1.29, 1.82) is 0 Å². The van der Waals surface area contributed by atoms with E-state index in [1.54, 1.807) is 24.7 Å². The van der Waals surface area contributed by atoms with Gasteiger partial charge in [0, 0.05) is 35.4 Å². The van der Waals surface area contributed by atoms with Crippen LogP contribution in [0.15, 0.2) is 36.9 Å². The van der Waals surface area contributed by atoms with Crippen LogP contribution in [0.1, 0.15) is 25.3 Å². The van der Waals surface area contributed by atoms with Gasteiger partial charge in [0.2, 0.25) is 0 Å². The van der Waals surface area contributed by atoms with Crippen molar-refractivity contribution in [3.63, 3.8) is 0 Å². The number of imidazole rings is 1. The van der Waals surface area contributed by atoms with Crippen LogP contribution in [0.5, 0.6) is 0 Å². The van der Waals surface area contributed by atoms with E-state index < -0.39 is 5.41 Å². The molecule has 6 heteroatoms. The van der Waals surface area contributed by atoms with E-state index in [-0.39, 0.29) is 12.1 Å². The van der Waals surface area contributed by atoms with Crippen LogP contribution in [-0.2, 0) is 21.5 Å². The second-order valence-corrected chi connectivity index (χ2v) is 6.42. The third kappa shape index (κ3) is 2.61. The molecule has 0 aliphatic carbocycles. The van der Waals surface area contributed by atoms with Crippen molar-refractivity contribution in [2.75, 3.05) is 0 Å². The molecule has 0 spiro atoms. The summed E-state index contributed by atoms with van der Waals surface area (Å²) < 4.78 is 7.43. The van der Waals surface area contributed by atoms with Crippen LogP contribution in [-0.4, -0.2) is 21.6 Å². The summed E-state index contributed by atoms with van der Waals surface area (Å²) in [4.78, 5) is 16.7. The van der Waals surface area contributed by atoms with Crippen molar-refractivity contribution in [2.24, 2.45) is 0 Å². The van der Waals surface area contributed by atoms with E-state index in [4.69, 9.17) is 27.9 Å². The van der Waals surface area contributed by atoms with Gasteiger partial charge >= 0.3 is 5.97 Å². The molecule has 2 unspecified atom stereocenters. The van der Waals surface area contributed by atoms with Gasteiger partial charge in [0.1, 0.15) is 11.5 Å². The van der Waals surface area contributed by atoms with Crippen LogP contribution in [0.3, 0.4) is 0 Å². The molecule has 116 valence electrons. The van der Waals surface area contributed by atoms with Gasteiger partial charge in [0.25, 0.3) is 0 Å². The molecule has 22 heavy (non-hydrogen) atoms. The maximum Gasteiger partial charge on any atom is 0.318 e. The largest absolute Gasteiger partial charge is 0.462 e. The van der Waals surface area contributed by atoms with E-state index in [9.17, 15) is 4.79 Å². The fraction of sp³-hybridized carbons (Fsp3) is 0.375. The lowest BCUT2D eigenvalue weighted by atomic mass is 9.77. The number of nitrogens with zero attached hydrogens (tertiary/aromatic N) is 2. The summed E-state index contributed by atoms with van der Waals surface area (Å²) in [5, 5.41) is 1.03. The zero-order valence-corrected chi connectivity index (χ0v) is 13.6. The van der Waals surface area contributed by atoms with Gasteiger partial charge < -0.3 is 9.30 Å². The molecule has 0 saturated carbocycles. The first kappa shape index (κ1) is 15.4. The molecule has 0 N–H and O–H groups in total. The minimum atomic E-state index is -0.803. The van der Waals surface area contributed by atoms with Gasteiger partial charge in [-0.05, 0) is 24.1 Å². The van der Waals surface area contributed by atoms with Crippen molar-refractivity contribution in [3.05, 3.63) is 52.5 Å². The first-order valence-electron chi connectivity index (χ1n) is 7.17. The van der Waals surface area contributed by atoms with Crippen LogP contribution < -0.4 is 0 Å². The average molecular weight is 339 g/mol. The monoisotopic (exact) mass is 338 g/mol. The number of ether oxygens (including phenoxy) is 1. The van der Waals surface area contributed by atoms with Gasteiger partial charge in [0.15, 0.2) is 0 Å². The quantitative estimate of drug-likeness (QED) is 0.795. The molecular formula is C16H16Cl2N2O2. The summed E-state index contributed by atoms with van der Waals surface area (Å²) in [5.41, 5.74) is -0.0449. The number of carbonyl (C=O) groups excluding carboxylic acids is 1. The normalized spacial score (nSPS) is 24.5. The SMILES string of the molecule is CCC1CC(Cn2ccnc2)(c2ccc(Cl)cc2Cl)C(=O)O1. The molecule has 1 aromatic heterocycles. The van der Waals surface area contributed by atoms with Crippen molar-refractivity contribution < 1.29 is 9.53 Å². The van der Waals surface area contributed by atoms with E-state index in [0.29, 0.717) is 23.0 Å². The number of cyclic esters (lactones) is 1. The summed E-state index contributed by atoms with van der Waals surface area (Å²) in [5.74, 6) is -0.239. The van der Waals surface area contributed by atoms with Crippen LogP contribution in [0.4, 0.5) is 0 Å². The Balaban J connectivity index is 2.08. The van der Waals surface area contributed by atoms with Crippen LogP contribution in [0.25, 0.3) is 0 Å². The summed E-state index contributed by atoms with van der Waals surface area (Å²) in [7, 11) is 0. The molecule has 2 atom stereocenters. The number of halogens is 2. The van der Waals surface area contributed by atoms with Gasteiger partial charge in [-0.25, -0.2) is 4.98 Å². The van der Waals surface area contributed by atoms with Gasteiger partial charge in [-0.1, -0.05) is 36.2 Å². The molecule has 1 aliphatic heterocycles. The minimum Gasteiger partial charge on any atom is -0.462 e. The number of aromatic nitrogens is 2. The molecule has 1 aromatic carbocycles. The van der Waals surface area contributed by atoms with Gasteiger partial charge in [-0.2, -0.15) is 0 Å². The Labute approximate surface area is 139 Å². The Morgan fingerprint density at radius 1 is 1.45 bits per heavy atom. The topological polar surface area (TPSA) is 44.1 Å². The first-order valence-corrected chi connectivity index (χ1v) is 7.93. The second-order valence-electron chi connectivity index (χ2n) is 5.58. The molecule has 0 radical (unpaired) electrons. The van der Waals surface area contributed by atoms with Crippen molar-refractivity contribution in [1.82, 2.24) is 9.55 Å². The third-order valence-corrected chi connectivity index (χ3v) is 4.70. The predicted octanol–water partition coefficient (Wildman–Crippen LogP) is 3.85. The highest BCUT2D eigenvalue weighted by Crippen LogP contribution is 2.43. The van der Waals surface area contributed by atoms with Crippen LogP contribution >= 0.6 is 23.2 Å². The molecule has 3 rings (SSSR count). The highest BCUT2D eigenvalue weighted by molar-refractivity contribution is 6.35. The molecule has 0 amide bonds. The number of hydrogen-bond acceptors (Lipinski definition) is 3. The molecule has 1 saturated heterocycles. The fourth-order valence-corrected chi connectivity index (χ4v) is 3.60. The zero-order chi connectivity index (χ0) is 15.7. The summed E-state index contributed by atoms with van der Waals surface area (Å²) in [6.07, 6.45) is 6.50. The minimum absolute atomic E-state index is 0.0947. The Morgan fingerprint density at radius 3 is 2.86 bits per heavy atom. The predicted molar refractivity (Wildman–Crippen MR) is 85.2 cm³/mol. The number of carbonyl (C=O) groups is 1. The second kappa shape index (κ2) is 5.94. The number of benzene rings is 1. The van der Waals surface area contributed by atoms with Gasteiger partial charge in [-0.15, -0.1) is 0 Å². The van der Waals surface area contributed by atoms with Crippen molar-refractivity contribution in [2.45, 2.75) is 37.8 Å². The zero-order valence-electron chi connectivity index (χ0n) is 12.1. The highest BCUT2D eigenvalue weighted by atomic mass is 35.5. The fourth-order valence-electron chi connectivity index (χ4n) is 3.01. The molecule has 1 fully saturated rings. The van der Waals surface area contributed by atoms with Crippen LogP contribution in [0.2, 0.25) is 10.0 Å². The van der Waals surface area contributed by atoms with E-state index >= 15 is 0 Å². The van der Waals surface area contributed by atoms with E-state index in [1.807, 2.05) is 23.8 Å². The highest BCUT2D eigenvalue weighted by Gasteiger charge is 2.51. The van der Waals surface area contributed by atoms with Crippen molar-refractivity contribution in [3.8, 4) is 0 Å². The standard InChI is InChI=1S/C16H16Cl2N2O2/c1-2-12-8-16(15(21)22-12,9-20-6-5-19-10-20)13-4-3-11(17)7-14(13)18/h3-7,10,12H,2,8-9H2,1H3. The maximum atomic E-state index is 12.7. The number of rotatable bonds is 4. The molecule has 1 aliphatic rings. The lowest BCUT2D eigenvalue weighted by molar-refractivity contribution is -0.146. The molecule has 0 bridgehead atoms. The van der Waals surface area contributed by atoms with Gasteiger partial charge in [0.05, 0.1) is 6.33 Å². The lowest BCUT2D eigenvalue weighted by Gasteiger charge is -2.27. The summed E-state index contributed by atoms with van der Waals surface area (Å²) >= 11 is 12.4. The maximum absolute atomic E-state index is 12.7. The average Bonchev–Trinajstić information content (AvgIpc) is 3.08. The molecule has 2 heterocycles. The Morgan fingerprint density at radius 2 is 2.27 bits per heavy atom. The van der Waals surface area contributed by atoms with Gasteiger partial charge in [-0.3, -0.25) is 4.79 Å². The Hall–Kier alpha value is -1.52. The summed E-state index contributed by atoms with van der Waals surface area (Å²) in [6.45, 7) is 2.46. The smallest absolute Gasteiger partial charge is 0.318 e. The number of hydrogen-bond donors (Lipinski definition) is 0. The Kier molecular flexibility index (Phi) is 4.15. The summed E-state index contributed by atoms with van der Waals surface area (Å²) in [6, 6.07) is 5.24. The number of esters is 1. The van der Waals surface area contributed by atoms with Crippen molar-refractivity contribution >= 4 is 29.2 Å². The lowest BCUT2D eigenvalue weighted by Crippen LogP contribution is -2.36. The molecule has 4 nitrogen and oxygen atoms in total. The Bertz CT molecular complexity index is 687. The molecular weight excluding hydrogens is 323 g/mol. The van der Waals surface area contributed by atoms with E-state index in [2.05, 4.69) is 4.98 Å². The van der Waals surface area contributed by atoms with Crippen LogP contribution in [0, 0.1) is 0 Å². The van der Waals surface area contributed by atoms with E-state index in [1.165, 1.54) is 0 Å². The first-order chi connectivity index (χ1) is 10.5. The van der Waals surface area contributed by atoms with E-state index in [0.717, 1.165) is 12.0 Å².